The fourth-order valence-corrected chi connectivity index (χ4v) is 2.54. The van der Waals surface area contributed by atoms with Crippen LogP contribution in [0.3, 0.4) is 0 Å². The lowest BCUT2D eigenvalue weighted by Crippen LogP contribution is -2.48. The number of rotatable bonds is 9. The van der Waals surface area contributed by atoms with Crippen molar-refractivity contribution in [1.82, 2.24) is 15.1 Å². The lowest BCUT2D eigenvalue weighted by molar-refractivity contribution is -0.0399. The second-order valence-electron chi connectivity index (χ2n) is 6.15. The highest BCUT2D eigenvalue weighted by Gasteiger charge is 2.20. The number of likely N-dealkylation sites (N-methyl/N-ethyl adjacent to an activating group) is 1. The predicted molar refractivity (Wildman–Crippen MR) is 81.7 cm³/mol. The van der Waals surface area contributed by atoms with Gasteiger partial charge in [0.2, 0.25) is 0 Å². The first-order valence-corrected chi connectivity index (χ1v) is 7.85. The van der Waals surface area contributed by atoms with Crippen molar-refractivity contribution < 1.29 is 4.74 Å². The second-order valence-corrected chi connectivity index (χ2v) is 6.15. The summed E-state index contributed by atoms with van der Waals surface area (Å²) in [7, 11) is 2.19. The summed E-state index contributed by atoms with van der Waals surface area (Å²) in [5.41, 5.74) is 0. The molecule has 19 heavy (non-hydrogen) atoms. The summed E-state index contributed by atoms with van der Waals surface area (Å²) in [6.07, 6.45) is 1.60. The number of nitrogens with zero attached hydrogens (tertiary/aromatic N) is 2. The Morgan fingerprint density at radius 2 is 2.21 bits per heavy atom. The van der Waals surface area contributed by atoms with E-state index in [1.54, 1.807) is 0 Å². The van der Waals surface area contributed by atoms with Crippen molar-refractivity contribution in [1.29, 1.82) is 0 Å². The van der Waals surface area contributed by atoms with Gasteiger partial charge in [0.25, 0.3) is 0 Å². The molecule has 0 aliphatic carbocycles. The van der Waals surface area contributed by atoms with Gasteiger partial charge in [-0.3, -0.25) is 4.90 Å². The van der Waals surface area contributed by atoms with Crippen LogP contribution in [0.25, 0.3) is 0 Å². The Balaban J connectivity index is 2.15. The van der Waals surface area contributed by atoms with Crippen molar-refractivity contribution in [3.05, 3.63) is 0 Å². The minimum atomic E-state index is 0.385. The van der Waals surface area contributed by atoms with Crippen molar-refractivity contribution >= 4 is 0 Å². The van der Waals surface area contributed by atoms with Gasteiger partial charge in [-0.1, -0.05) is 20.8 Å². The Morgan fingerprint density at radius 3 is 2.89 bits per heavy atom. The monoisotopic (exact) mass is 271 g/mol. The molecule has 0 unspecified atom stereocenters. The molecule has 1 heterocycles. The number of morpholine rings is 1. The minimum Gasteiger partial charge on any atom is -0.374 e. The zero-order valence-electron chi connectivity index (χ0n) is 13.3. The van der Waals surface area contributed by atoms with Crippen LogP contribution in [0.15, 0.2) is 0 Å². The Labute approximate surface area is 119 Å². The topological polar surface area (TPSA) is 27.7 Å². The average Bonchev–Trinajstić information content (AvgIpc) is 2.35. The van der Waals surface area contributed by atoms with Crippen LogP contribution in [0.4, 0.5) is 0 Å². The third-order valence-corrected chi connectivity index (χ3v) is 3.50. The quantitative estimate of drug-likeness (QED) is 0.639. The van der Waals surface area contributed by atoms with Gasteiger partial charge in [-0.25, -0.2) is 0 Å². The Morgan fingerprint density at radius 1 is 1.42 bits per heavy atom. The standard InChI is InChI=1S/C15H33N3O/c1-5-7-17(4)12-15-13-18(9-10-19-15)8-6-16-11-14(2)3/h14-16H,5-13H2,1-4H3/t15-/m1/s1. The molecular formula is C15H33N3O. The number of ether oxygens (including phenoxy) is 1. The molecule has 1 saturated heterocycles. The molecule has 0 aromatic rings. The molecule has 1 rings (SSSR count). The maximum atomic E-state index is 5.87. The van der Waals surface area contributed by atoms with Crippen LogP contribution >= 0.6 is 0 Å². The van der Waals surface area contributed by atoms with Gasteiger partial charge in [0.1, 0.15) is 0 Å². The summed E-state index contributed by atoms with van der Waals surface area (Å²) in [5, 5.41) is 3.52. The molecule has 1 N–H and O–H groups in total. The summed E-state index contributed by atoms with van der Waals surface area (Å²) < 4.78 is 5.87. The molecule has 1 aliphatic heterocycles. The van der Waals surface area contributed by atoms with Crippen molar-refractivity contribution in [3.63, 3.8) is 0 Å². The highest BCUT2D eigenvalue weighted by molar-refractivity contribution is 4.74. The molecular weight excluding hydrogens is 238 g/mol. The molecule has 4 heteroatoms. The van der Waals surface area contributed by atoms with Crippen LogP contribution in [-0.2, 0) is 4.74 Å². The third-order valence-electron chi connectivity index (χ3n) is 3.50. The first kappa shape index (κ1) is 16.9. The molecule has 0 amide bonds. The van der Waals surface area contributed by atoms with E-state index in [0.29, 0.717) is 6.10 Å². The maximum Gasteiger partial charge on any atom is 0.0829 e. The molecule has 1 fully saturated rings. The van der Waals surface area contributed by atoms with Crippen molar-refractivity contribution in [2.24, 2.45) is 5.92 Å². The van der Waals surface area contributed by atoms with Gasteiger partial charge in [0.05, 0.1) is 12.7 Å². The van der Waals surface area contributed by atoms with Gasteiger partial charge < -0.3 is 15.0 Å². The van der Waals surface area contributed by atoms with Gasteiger partial charge in [-0.15, -0.1) is 0 Å². The molecule has 0 saturated carbocycles. The third kappa shape index (κ3) is 7.88. The summed E-state index contributed by atoms with van der Waals surface area (Å²) in [4.78, 5) is 4.91. The van der Waals surface area contributed by atoms with Gasteiger partial charge >= 0.3 is 0 Å². The number of hydrogen-bond acceptors (Lipinski definition) is 4. The zero-order valence-corrected chi connectivity index (χ0v) is 13.3. The van der Waals surface area contributed by atoms with E-state index in [9.17, 15) is 0 Å². The van der Waals surface area contributed by atoms with E-state index in [1.165, 1.54) is 6.42 Å². The molecule has 1 aliphatic rings. The Hall–Kier alpha value is -0.160. The van der Waals surface area contributed by atoms with Crippen LogP contribution in [0, 0.1) is 5.92 Å². The number of hydrogen-bond donors (Lipinski definition) is 1. The predicted octanol–water partition coefficient (Wildman–Crippen LogP) is 1.27. The van der Waals surface area contributed by atoms with Gasteiger partial charge in [0.15, 0.2) is 0 Å². The van der Waals surface area contributed by atoms with Crippen LogP contribution in [-0.4, -0.2) is 75.4 Å². The zero-order chi connectivity index (χ0) is 14.1. The fourth-order valence-electron chi connectivity index (χ4n) is 2.54. The normalized spacial score (nSPS) is 21.5. The van der Waals surface area contributed by atoms with Gasteiger partial charge in [-0.05, 0) is 32.5 Å². The molecule has 4 nitrogen and oxygen atoms in total. The summed E-state index contributed by atoms with van der Waals surface area (Å²) in [5.74, 6) is 0.736. The van der Waals surface area contributed by atoms with Gasteiger partial charge in [0, 0.05) is 32.7 Å². The van der Waals surface area contributed by atoms with E-state index in [1.807, 2.05) is 0 Å². The average molecular weight is 271 g/mol. The van der Waals surface area contributed by atoms with Crippen molar-refractivity contribution in [3.8, 4) is 0 Å². The minimum absolute atomic E-state index is 0.385. The van der Waals surface area contributed by atoms with E-state index in [-0.39, 0.29) is 0 Å². The first-order chi connectivity index (χ1) is 9.11. The van der Waals surface area contributed by atoms with E-state index in [4.69, 9.17) is 4.74 Å². The lowest BCUT2D eigenvalue weighted by Gasteiger charge is -2.34. The smallest absolute Gasteiger partial charge is 0.0829 e. The molecule has 0 aromatic heterocycles. The molecule has 0 aromatic carbocycles. The first-order valence-electron chi connectivity index (χ1n) is 7.85. The summed E-state index contributed by atoms with van der Waals surface area (Å²) >= 11 is 0. The largest absolute Gasteiger partial charge is 0.374 e. The highest BCUT2D eigenvalue weighted by Crippen LogP contribution is 2.06. The van der Waals surface area contributed by atoms with Crippen molar-refractivity contribution in [2.75, 3.05) is 59.5 Å². The lowest BCUT2D eigenvalue weighted by atomic mass is 10.2. The van der Waals surface area contributed by atoms with E-state index in [0.717, 1.165) is 58.3 Å². The van der Waals surface area contributed by atoms with Crippen LogP contribution in [0.1, 0.15) is 27.2 Å². The van der Waals surface area contributed by atoms with E-state index < -0.39 is 0 Å². The van der Waals surface area contributed by atoms with Crippen LogP contribution < -0.4 is 5.32 Å². The molecule has 0 bridgehead atoms. The summed E-state index contributed by atoms with van der Waals surface area (Å²) in [6, 6.07) is 0. The van der Waals surface area contributed by atoms with E-state index in [2.05, 4.69) is 42.9 Å². The molecule has 114 valence electrons. The SMILES string of the molecule is CCCN(C)C[C@@H]1CN(CCNCC(C)C)CCO1. The van der Waals surface area contributed by atoms with Crippen LogP contribution in [0.2, 0.25) is 0 Å². The molecule has 1 atom stereocenters. The summed E-state index contributed by atoms with van der Waals surface area (Å²) in [6.45, 7) is 15.4. The molecule has 0 spiro atoms. The Kier molecular flexibility index (Phi) is 8.62. The van der Waals surface area contributed by atoms with Crippen molar-refractivity contribution in [2.45, 2.75) is 33.3 Å². The van der Waals surface area contributed by atoms with Crippen LogP contribution in [0.5, 0.6) is 0 Å². The Bertz CT molecular complexity index is 223. The maximum absolute atomic E-state index is 5.87. The van der Waals surface area contributed by atoms with Gasteiger partial charge in [-0.2, -0.15) is 0 Å². The highest BCUT2D eigenvalue weighted by atomic mass is 16.5. The second kappa shape index (κ2) is 9.70. The van der Waals surface area contributed by atoms with E-state index >= 15 is 0 Å². The number of nitrogens with one attached hydrogen (secondary N) is 1. The molecule has 0 radical (unpaired) electrons. The fraction of sp³-hybridized carbons (Fsp3) is 1.00.